The van der Waals surface area contributed by atoms with Crippen LogP contribution in [-0.2, 0) is 5.41 Å². The van der Waals surface area contributed by atoms with Crippen molar-refractivity contribution in [2.45, 2.75) is 60.8 Å². The fourth-order valence-electron chi connectivity index (χ4n) is 6.11. The summed E-state index contributed by atoms with van der Waals surface area (Å²) in [7, 11) is 0. The molecule has 1 aliphatic carbocycles. The molecule has 0 spiro atoms. The fourth-order valence-corrected chi connectivity index (χ4v) is 6.11. The SMILES string of the molecule is Cc1cc(C)cc(-c2nc(-c3c(C)cccc3C)cc3c2-c2cc(C)cc(C)c2C3(C)C)c1. The van der Waals surface area contributed by atoms with Gasteiger partial charge in [-0.1, -0.05) is 66.9 Å². The highest BCUT2D eigenvalue weighted by atomic mass is 14.7. The van der Waals surface area contributed by atoms with E-state index in [0.717, 1.165) is 11.4 Å². The summed E-state index contributed by atoms with van der Waals surface area (Å²) in [6, 6.07) is 20.4. The minimum atomic E-state index is -0.0790. The Labute approximate surface area is 198 Å². The molecule has 1 heteroatoms. The van der Waals surface area contributed by atoms with Crippen LogP contribution in [0, 0.1) is 41.5 Å². The molecule has 0 fully saturated rings. The van der Waals surface area contributed by atoms with Gasteiger partial charge in [0.05, 0.1) is 11.4 Å². The van der Waals surface area contributed by atoms with E-state index in [2.05, 4.69) is 110 Å². The summed E-state index contributed by atoms with van der Waals surface area (Å²) in [6.07, 6.45) is 0. The van der Waals surface area contributed by atoms with Crippen molar-refractivity contribution in [3.8, 4) is 33.6 Å². The Kier molecular flexibility index (Phi) is 4.86. The normalized spacial score (nSPS) is 13.7. The largest absolute Gasteiger partial charge is 0.247 e. The average Bonchev–Trinajstić information content (AvgIpc) is 2.93. The Hall–Kier alpha value is -3.19. The summed E-state index contributed by atoms with van der Waals surface area (Å²) in [5, 5.41) is 0. The average molecular weight is 432 g/mol. The van der Waals surface area contributed by atoms with Gasteiger partial charge in [-0.3, -0.25) is 0 Å². The number of rotatable bonds is 2. The number of hydrogen-bond donors (Lipinski definition) is 0. The fraction of sp³-hybridized carbons (Fsp3) is 0.281. The van der Waals surface area contributed by atoms with E-state index in [0.29, 0.717) is 0 Å². The molecule has 166 valence electrons. The van der Waals surface area contributed by atoms with E-state index in [4.69, 9.17) is 4.98 Å². The lowest BCUT2D eigenvalue weighted by molar-refractivity contribution is 0.655. The molecule has 0 radical (unpaired) electrons. The van der Waals surface area contributed by atoms with Crippen LogP contribution >= 0.6 is 0 Å². The van der Waals surface area contributed by atoms with Crippen molar-refractivity contribution >= 4 is 0 Å². The highest BCUT2D eigenvalue weighted by molar-refractivity contribution is 5.93. The summed E-state index contributed by atoms with van der Waals surface area (Å²) in [5.41, 5.74) is 17.8. The van der Waals surface area contributed by atoms with Gasteiger partial charge in [0.1, 0.15) is 0 Å². The third kappa shape index (κ3) is 3.33. The number of pyridine rings is 1. The Balaban J connectivity index is 1.94. The van der Waals surface area contributed by atoms with Gasteiger partial charge in [-0.05, 0) is 93.1 Å². The number of aromatic nitrogens is 1. The lowest BCUT2D eigenvalue weighted by atomic mass is 9.79. The first-order valence-corrected chi connectivity index (χ1v) is 11.9. The maximum atomic E-state index is 5.41. The summed E-state index contributed by atoms with van der Waals surface area (Å²) in [6.45, 7) is 18.0. The maximum absolute atomic E-state index is 5.41. The van der Waals surface area contributed by atoms with Gasteiger partial charge in [0, 0.05) is 22.1 Å². The molecule has 4 aromatic rings. The van der Waals surface area contributed by atoms with Gasteiger partial charge in [-0.25, -0.2) is 4.98 Å². The lowest BCUT2D eigenvalue weighted by Crippen LogP contribution is -2.17. The summed E-state index contributed by atoms with van der Waals surface area (Å²) in [5.74, 6) is 0. The quantitative estimate of drug-likeness (QED) is 0.310. The molecule has 0 aliphatic heterocycles. The van der Waals surface area contributed by atoms with Gasteiger partial charge < -0.3 is 0 Å². The Morgan fingerprint density at radius 3 is 1.88 bits per heavy atom. The van der Waals surface area contributed by atoms with E-state index >= 15 is 0 Å². The molecule has 0 amide bonds. The van der Waals surface area contributed by atoms with E-state index in [-0.39, 0.29) is 5.41 Å². The molecule has 3 aromatic carbocycles. The molecule has 0 unspecified atom stereocenters. The van der Waals surface area contributed by atoms with Crippen LogP contribution < -0.4 is 0 Å². The zero-order valence-corrected chi connectivity index (χ0v) is 21.1. The third-order valence-electron chi connectivity index (χ3n) is 7.30. The van der Waals surface area contributed by atoms with Gasteiger partial charge in [0.15, 0.2) is 0 Å². The molecule has 1 aromatic heterocycles. The molecule has 0 bridgehead atoms. The van der Waals surface area contributed by atoms with Crippen molar-refractivity contribution < 1.29 is 0 Å². The molecular weight excluding hydrogens is 398 g/mol. The van der Waals surface area contributed by atoms with Crippen LogP contribution in [0.3, 0.4) is 0 Å². The third-order valence-corrected chi connectivity index (χ3v) is 7.30. The zero-order valence-electron chi connectivity index (χ0n) is 21.1. The first kappa shape index (κ1) is 21.6. The molecule has 0 atom stereocenters. The van der Waals surface area contributed by atoms with Crippen molar-refractivity contribution in [1.29, 1.82) is 0 Å². The predicted molar refractivity (Wildman–Crippen MR) is 141 cm³/mol. The van der Waals surface area contributed by atoms with Crippen LogP contribution in [0.2, 0.25) is 0 Å². The zero-order chi connectivity index (χ0) is 23.7. The number of nitrogens with zero attached hydrogens (tertiary/aromatic N) is 1. The Morgan fingerprint density at radius 2 is 1.24 bits per heavy atom. The summed E-state index contributed by atoms with van der Waals surface area (Å²) < 4.78 is 0. The number of benzene rings is 3. The summed E-state index contributed by atoms with van der Waals surface area (Å²) >= 11 is 0. The van der Waals surface area contributed by atoms with Gasteiger partial charge >= 0.3 is 0 Å². The van der Waals surface area contributed by atoms with Crippen LogP contribution in [0.4, 0.5) is 0 Å². The van der Waals surface area contributed by atoms with Gasteiger partial charge in [0.2, 0.25) is 0 Å². The number of hydrogen-bond acceptors (Lipinski definition) is 1. The standard InChI is InChI=1S/C32H33N/c1-18-12-19(2)15-24(14-18)31-29-25-16-20(3)13-23(6)30(25)32(7,8)26(29)17-27(33-31)28-21(4)10-9-11-22(28)5/h9-17H,1-8H3. The first-order valence-electron chi connectivity index (χ1n) is 11.9. The lowest BCUT2D eigenvalue weighted by Gasteiger charge is -2.24. The molecule has 1 nitrogen and oxygen atoms in total. The second-order valence-electron chi connectivity index (χ2n) is 10.6. The predicted octanol–water partition coefficient (Wildman–Crippen LogP) is 8.57. The van der Waals surface area contributed by atoms with Gasteiger partial charge in [0.25, 0.3) is 0 Å². The van der Waals surface area contributed by atoms with E-state index in [1.54, 1.807) is 0 Å². The molecule has 0 saturated heterocycles. The monoisotopic (exact) mass is 431 g/mol. The highest BCUT2D eigenvalue weighted by Gasteiger charge is 2.39. The van der Waals surface area contributed by atoms with Crippen LogP contribution in [-0.4, -0.2) is 4.98 Å². The van der Waals surface area contributed by atoms with Crippen molar-refractivity contribution in [2.24, 2.45) is 0 Å². The van der Waals surface area contributed by atoms with Crippen molar-refractivity contribution in [3.63, 3.8) is 0 Å². The number of aryl methyl sites for hydroxylation is 6. The van der Waals surface area contributed by atoms with Crippen LogP contribution in [0.25, 0.3) is 33.6 Å². The Morgan fingerprint density at radius 1 is 0.636 bits per heavy atom. The van der Waals surface area contributed by atoms with Crippen LogP contribution in [0.15, 0.2) is 54.6 Å². The van der Waals surface area contributed by atoms with E-state index in [1.165, 1.54) is 66.8 Å². The van der Waals surface area contributed by atoms with E-state index in [1.807, 2.05) is 0 Å². The molecular formula is C32H33N. The minimum Gasteiger partial charge on any atom is -0.247 e. The number of fused-ring (bicyclic) bond motifs is 3. The Bertz CT molecular complexity index is 1400. The molecule has 5 rings (SSSR count). The second kappa shape index (κ2) is 7.42. The first-order chi connectivity index (χ1) is 15.6. The maximum Gasteiger partial charge on any atom is 0.0791 e. The topological polar surface area (TPSA) is 12.9 Å². The molecule has 1 aliphatic rings. The smallest absolute Gasteiger partial charge is 0.0791 e. The van der Waals surface area contributed by atoms with Crippen LogP contribution in [0.1, 0.15) is 58.4 Å². The van der Waals surface area contributed by atoms with E-state index < -0.39 is 0 Å². The van der Waals surface area contributed by atoms with Gasteiger partial charge in [-0.15, -0.1) is 0 Å². The summed E-state index contributed by atoms with van der Waals surface area (Å²) in [4.78, 5) is 5.41. The van der Waals surface area contributed by atoms with Crippen LogP contribution in [0.5, 0.6) is 0 Å². The second-order valence-corrected chi connectivity index (χ2v) is 10.6. The van der Waals surface area contributed by atoms with Gasteiger partial charge in [-0.2, -0.15) is 0 Å². The molecule has 0 N–H and O–H groups in total. The molecule has 0 saturated carbocycles. The van der Waals surface area contributed by atoms with Crippen molar-refractivity contribution in [3.05, 3.63) is 99.1 Å². The molecule has 1 heterocycles. The highest BCUT2D eigenvalue weighted by Crippen LogP contribution is 2.54. The van der Waals surface area contributed by atoms with Crippen molar-refractivity contribution in [1.82, 2.24) is 4.98 Å². The van der Waals surface area contributed by atoms with Crippen molar-refractivity contribution in [2.75, 3.05) is 0 Å². The van der Waals surface area contributed by atoms with E-state index in [9.17, 15) is 0 Å². The molecule has 33 heavy (non-hydrogen) atoms. The minimum absolute atomic E-state index is 0.0790.